The lowest BCUT2D eigenvalue weighted by Gasteiger charge is -2.12. The molecule has 0 saturated heterocycles. The second kappa shape index (κ2) is 8.79. The number of ether oxygens (including phenoxy) is 2. The first-order chi connectivity index (χ1) is 11.2. The van der Waals surface area contributed by atoms with E-state index in [0.29, 0.717) is 6.61 Å². The molecule has 120 valence electrons. The van der Waals surface area contributed by atoms with Gasteiger partial charge in [0.1, 0.15) is 6.61 Å². The van der Waals surface area contributed by atoms with Gasteiger partial charge in [0.05, 0.1) is 7.11 Å². The number of allylic oxidation sites excluding steroid dienone is 2. The molecule has 0 fully saturated rings. The van der Waals surface area contributed by atoms with Gasteiger partial charge in [-0.25, -0.2) is 0 Å². The van der Waals surface area contributed by atoms with Gasteiger partial charge in [-0.15, -0.1) is 0 Å². The maximum Gasteiger partial charge on any atom is 0.161 e. The summed E-state index contributed by atoms with van der Waals surface area (Å²) in [5.74, 6) is 1.54. The highest BCUT2D eigenvalue weighted by Crippen LogP contribution is 2.29. The van der Waals surface area contributed by atoms with Crippen LogP contribution in [0.5, 0.6) is 11.5 Å². The van der Waals surface area contributed by atoms with Gasteiger partial charge in [-0.05, 0) is 49.1 Å². The van der Waals surface area contributed by atoms with Crippen LogP contribution >= 0.6 is 0 Å². The van der Waals surface area contributed by atoms with E-state index in [1.54, 1.807) is 20.1 Å². The SMILES string of the molecule is COc1cc(CCC=CC(C)=O)ccc1OCc1ccccc1. The number of ketones is 1. The molecule has 2 rings (SSSR count). The van der Waals surface area contributed by atoms with Gasteiger partial charge in [-0.2, -0.15) is 0 Å². The summed E-state index contributed by atoms with van der Waals surface area (Å²) in [6, 6.07) is 16.0. The highest BCUT2D eigenvalue weighted by atomic mass is 16.5. The molecule has 3 heteroatoms. The molecule has 0 N–H and O–H groups in total. The molecule has 0 amide bonds. The Balaban J connectivity index is 1.97. The third-order valence-corrected chi connectivity index (χ3v) is 3.42. The van der Waals surface area contributed by atoms with Gasteiger partial charge in [0.15, 0.2) is 17.3 Å². The van der Waals surface area contributed by atoms with E-state index in [4.69, 9.17) is 9.47 Å². The lowest BCUT2D eigenvalue weighted by Crippen LogP contribution is -1.98. The van der Waals surface area contributed by atoms with Crippen LogP contribution in [0, 0.1) is 0 Å². The average Bonchev–Trinajstić information content (AvgIpc) is 2.58. The molecule has 0 aliphatic heterocycles. The van der Waals surface area contributed by atoms with E-state index in [2.05, 4.69) is 0 Å². The Labute approximate surface area is 137 Å². The van der Waals surface area contributed by atoms with Crippen LogP contribution in [0.4, 0.5) is 0 Å². The van der Waals surface area contributed by atoms with Crippen LogP contribution in [0.15, 0.2) is 60.7 Å². The Bertz CT molecular complexity index is 660. The van der Waals surface area contributed by atoms with Gasteiger partial charge in [0.2, 0.25) is 0 Å². The predicted molar refractivity (Wildman–Crippen MR) is 91.9 cm³/mol. The molecular weight excluding hydrogens is 288 g/mol. The van der Waals surface area contributed by atoms with Crippen molar-refractivity contribution in [3.63, 3.8) is 0 Å². The van der Waals surface area contributed by atoms with E-state index in [-0.39, 0.29) is 5.78 Å². The number of benzene rings is 2. The fraction of sp³-hybridized carbons (Fsp3) is 0.250. The molecule has 0 saturated carbocycles. The summed E-state index contributed by atoms with van der Waals surface area (Å²) in [7, 11) is 1.64. The molecule has 2 aromatic carbocycles. The van der Waals surface area contributed by atoms with E-state index >= 15 is 0 Å². The quantitative estimate of drug-likeness (QED) is 0.680. The summed E-state index contributed by atoms with van der Waals surface area (Å²) < 4.78 is 11.3. The van der Waals surface area contributed by atoms with Crippen molar-refractivity contribution in [3.8, 4) is 11.5 Å². The summed E-state index contributed by atoms with van der Waals surface area (Å²) in [6.45, 7) is 2.07. The highest BCUT2D eigenvalue weighted by molar-refractivity contribution is 5.87. The lowest BCUT2D eigenvalue weighted by atomic mass is 10.1. The summed E-state index contributed by atoms with van der Waals surface area (Å²) in [4.78, 5) is 10.9. The van der Waals surface area contributed by atoms with Crippen molar-refractivity contribution < 1.29 is 14.3 Å². The molecule has 0 unspecified atom stereocenters. The number of hydrogen-bond acceptors (Lipinski definition) is 3. The highest BCUT2D eigenvalue weighted by Gasteiger charge is 2.06. The maximum absolute atomic E-state index is 10.9. The van der Waals surface area contributed by atoms with Crippen molar-refractivity contribution in [1.82, 2.24) is 0 Å². The van der Waals surface area contributed by atoms with Crippen molar-refractivity contribution in [1.29, 1.82) is 0 Å². The topological polar surface area (TPSA) is 35.5 Å². The van der Waals surface area contributed by atoms with Gasteiger partial charge in [-0.1, -0.05) is 42.5 Å². The molecule has 0 spiro atoms. The fourth-order valence-corrected chi connectivity index (χ4v) is 2.22. The average molecular weight is 310 g/mol. The van der Waals surface area contributed by atoms with Crippen molar-refractivity contribution in [3.05, 3.63) is 71.8 Å². The minimum atomic E-state index is 0.0761. The standard InChI is InChI=1S/C20H22O3/c1-16(21)8-6-7-9-17-12-13-19(20(14-17)22-2)23-15-18-10-4-3-5-11-18/h3-6,8,10-14H,7,9,15H2,1-2H3. The van der Waals surface area contributed by atoms with Crippen LogP contribution in [0.1, 0.15) is 24.5 Å². The normalized spacial score (nSPS) is 10.7. The number of hydrogen-bond donors (Lipinski definition) is 0. The molecular formula is C20H22O3. The van der Waals surface area contributed by atoms with E-state index in [9.17, 15) is 4.79 Å². The smallest absolute Gasteiger partial charge is 0.161 e. The van der Waals surface area contributed by atoms with E-state index < -0.39 is 0 Å². The Morgan fingerprint density at radius 3 is 2.52 bits per heavy atom. The number of carbonyl (C=O) groups excluding carboxylic acids is 1. The second-order valence-electron chi connectivity index (χ2n) is 5.31. The maximum atomic E-state index is 10.9. The van der Waals surface area contributed by atoms with Gasteiger partial charge in [0, 0.05) is 0 Å². The zero-order chi connectivity index (χ0) is 16.5. The van der Waals surface area contributed by atoms with E-state index in [1.807, 2.05) is 54.6 Å². The third-order valence-electron chi connectivity index (χ3n) is 3.42. The molecule has 0 radical (unpaired) electrons. The number of carbonyl (C=O) groups is 1. The van der Waals surface area contributed by atoms with Gasteiger partial charge >= 0.3 is 0 Å². The predicted octanol–water partition coefficient (Wildman–Crippen LogP) is 4.35. The summed E-state index contributed by atoms with van der Waals surface area (Å²) >= 11 is 0. The molecule has 3 nitrogen and oxygen atoms in total. The first kappa shape index (κ1) is 16.8. The molecule has 0 aliphatic carbocycles. The molecule has 0 aromatic heterocycles. The first-order valence-electron chi connectivity index (χ1n) is 7.70. The number of rotatable bonds is 8. The van der Waals surface area contributed by atoms with E-state index in [1.165, 1.54) is 0 Å². The van der Waals surface area contributed by atoms with Gasteiger partial charge in [0.25, 0.3) is 0 Å². The van der Waals surface area contributed by atoms with Crippen LogP contribution < -0.4 is 9.47 Å². The van der Waals surface area contributed by atoms with Crippen LogP contribution in [0.2, 0.25) is 0 Å². The minimum absolute atomic E-state index is 0.0761. The minimum Gasteiger partial charge on any atom is -0.493 e. The van der Waals surface area contributed by atoms with Crippen LogP contribution in [-0.2, 0) is 17.8 Å². The molecule has 0 heterocycles. The number of methoxy groups -OCH3 is 1. The molecule has 2 aromatic rings. The third kappa shape index (κ3) is 5.62. The number of aryl methyl sites for hydroxylation is 1. The zero-order valence-corrected chi connectivity index (χ0v) is 13.6. The molecule has 0 aliphatic rings. The Kier molecular flexibility index (Phi) is 6.42. The van der Waals surface area contributed by atoms with E-state index in [0.717, 1.165) is 35.5 Å². The largest absolute Gasteiger partial charge is 0.493 e. The van der Waals surface area contributed by atoms with Gasteiger partial charge in [-0.3, -0.25) is 4.79 Å². The Morgan fingerprint density at radius 1 is 1.04 bits per heavy atom. The lowest BCUT2D eigenvalue weighted by molar-refractivity contribution is -0.112. The van der Waals surface area contributed by atoms with Crippen LogP contribution in [-0.4, -0.2) is 12.9 Å². The first-order valence-corrected chi connectivity index (χ1v) is 7.70. The summed E-state index contributed by atoms with van der Waals surface area (Å²) in [5.41, 5.74) is 2.27. The van der Waals surface area contributed by atoms with Crippen LogP contribution in [0.25, 0.3) is 0 Å². The van der Waals surface area contributed by atoms with Crippen molar-refractivity contribution in [2.45, 2.75) is 26.4 Å². The Morgan fingerprint density at radius 2 is 1.83 bits per heavy atom. The molecule has 0 atom stereocenters. The monoisotopic (exact) mass is 310 g/mol. The Hall–Kier alpha value is -2.55. The van der Waals surface area contributed by atoms with Crippen molar-refractivity contribution >= 4 is 5.78 Å². The van der Waals surface area contributed by atoms with Crippen molar-refractivity contribution in [2.75, 3.05) is 7.11 Å². The summed E-state index contributed by atoms with van der Waals surface area (Å²) in [5, 5.41) is 0. The second-order valence-corrected chi connectivity index (χ2v) is 5.31. The molecule has 0 bridgehead atoms. The summed E-state index contributed by atoms with van der Waals surface area (Å²) in [6.07, 6.45) is 5.19. The van der Waals surface area contributed by atoms with Gasteiger partial charge < -0.3 is 9.47 Å². The molecule has 23 heavy (non-hydrogen) atoms. The fourth-order valence-electron chi connectivity index (χ4n) is 2.22. The zero-order valence-electron chi connectivity index (χ0n) is 13.6. The van der Waals surface area contributed by atoms with Crippen LogP contribution in [0.3, 0.4) is 0 Å². The van der Waals surface area contributed by atoms with Crippen molar-refractivity contribution in [2.24, 2.45) is 0 Å².